The van der Waals surface area contributed by atoms with Gasteiger partial charge in [0.1, 0.15) is 0 Å². The van der Waals surface area contributed by atoms with Crippen molar-refractivity contribution in [3.63, 3.8) is 0 Å². The molecule has 19 heavy (non-hydrogen) atoms. The Bertz CT molecular complexity index is 459. The number of halogens is 1. The summed E-state index contributed by atoms with van der Waals surface area (Å²) < 4.78 is 0. The zero-order valence-corrected chi connectivity index (χ0v) is 13.0. The van der Waals surface area contributed by atoms with E-state index in [4.69, 9.17) is 29.6 Å². The predicted molar refractivity (Wildman–Crippen MR) is 83.0 cm³/mol. The van der Waals surface area contributed by atoms with E-state index in [1.807, 2.05) is 38.1 Å². The highest BCUT2D eigenvalue weighted by molar-refractivity contribution is 7.80. The van der Waals surface area contributed by atoms with Gasteiger partial charge in [-0.2, -0.15) is 0 Å². The molecule has 1 unspecified atom stereocenters. The van der Waals surface area contributed by atoms with Crippen LogP contribution in [0.5, 0.6) is 0 Å². The van der Waals surface area contributed by atoms with Gasteiger partial charge in [-0.05, 0) is 23.6 Å². The summed E-state index contributed by atoms with van der Waals surface area (Å²) in [6.45, 7) is 4.40. The van der Waals surface area contributed by atoms with Gasteiger partial charge in [0.25, 0.3) is 0 Å². The van der Waals surface area contributed by atoms with Crippen LogP contribution in [0, 0.1) is 11.8 Å². The molecule has 104 valence electrons. The highest BCUT2D eigenvalue weighted by Gasteiger charge is 2.27. The van der Waals surface area contributed by atoms with Crippen molar-refractivity contribution in [2.75, 3.05) is 7.05 Å². The number of amides is 1. The zero-order valence-electron chi connectivity index (χ0n) is 11.4. The summed E-state index contributed by atoms with van der Waals surface area (Å²) in [6.07, 6.45) is 0. The van der Waals surface area contributed by atoms with Crippen molar-refractivity contribution in [3.05, 3.63) is 34.9 Å². The maximum absolute atomic E-state index is 12.3. The summed E-state index contributed by atoms with van der Waals surface area (Å²) in [5, 5.41) is 0.681. The van der Waals surface area contributed by atoms with E-state index in [1.165, 1.54) is 0 Å². The largest absolute Gasteiger partial charge is 0.393 e. The van der Waals surface area contributed by atoms with Gasteiger partial charge in [-0.25, -0.2) is 0 Å². The topological polar surface area (TPSA) is 46.3 Å². The predicted octanol–water partition coefficient (Wildman–Crippen LogP) is 2.86. The minimum Gasteiger partial charge on any atom is -0.393 e. The molecule has 3 nitrogen and oxygen atoms in total. The Morgan fingerprint density at radius 3 is 2.32 bits per heavy atom. The number of carbonyl (C=O) groups is 1. The van der Waals surface area contributed by atoms with Gasteiger partial charge in [0.05, 0.1) is 10.9 Å². The van der Waals surface area contributed by atoms with Crippen LogP contribution in [0.15, 0.2) is 24.3 Å². The lowest BCUT2D eigenvalue weighted by molar-refractivity contribution is -0.133. The highest BCUT2D eigenvalue weighted by atomic mass is 35.5. The average Bonchev–Trinajstić information content (AvgIpc) is 2.31. The molecule has 0 spiro atoms. The lowest BCUT2D eigenvalue weighted by Crippen LogP contribution is -2.41. The average molecular weight is 299 g/mol. The Labute approximate surface area is 124 Å². The van der Waals surface area contributed by atoms with Crippen LogP contribution in [-0.2, 0) is 11.3 Å². The Balaban J connectivity index is 2.76. The molecule has 0 saturated carbocycles. The van der Waals surface area contributed by atoms with Gasteiger partial charge in [-0.3, -0.25) is 4.79 Å². The minimum absolute atomic E-state index is 0.0440. The van der Waals surface area contributed by atoms with Gasteiger partial charge in [0.15, 0.2) is 0 Å². The third kappa shape index (κ3) is 4.48. The van der Waals surface area contributed by atoms with E-state index in [2.05, 4.69) is 0 Å². The smallest absolute Gasteiger partial charge is 0.232 e. The van der Waals surface area contributed by atoms with E-state index >= 15 is 0 Å². The van der Waals surface area contributed by atoms with E-state index in [1.54, 1.807) is 11.9 Å². The molecule has 0 saturated heterocycles. The van der Waals surface area contributed by atoms with Gasteiger partial charge < -0.3 is 10.6 Å². The first-order valence-electron chi connectivity index (χ1n) is 6.11. The molecular formula is C14H19ClN2OS. The molecule has 0 aliphatic rings. The maximum atomic E-state index is 12.3. The number of carbonyl (C=O) groups excluding carboxylic acids is 1. The number of nitrogens with two attached hydrogens (primary N) is 1. The highest BCUT2D eigenvalue weighted by Crippen LogP contribution is 2.17. The second-order valence-corrected chi connectivity index (χ2v) is 5.85. The summed E-state index contributed by atoms with van der Waals surface area (Å²) in [4.78, 5) is 14.2. The monoisotopic (exact) mass is 298 g/mol. The molecule has 0 aliphatic carbocycles. The molecule has 1 amide bonds. The lowest BCUT2D eigenvalue weighted by Gasteiger charge is -2.25. The fourth-order valence-electron chi connectivity index (χ4n) is 1.91. The van der Waals surface area contributed by atoms with Gasteiger partial charge in [-0.1, -0.05) is 49.8 Å². The van der Waals surface area contributed by atoms with Crippen LogP contribution >= 0.6 is 23.8 Å². The number of nitrogens with zero attached hydrogens (tertiary/aromatic N) is 1. The van der Waals surface area contributed by atoms with Gasteiger partial charge in [0, 0.05) is 18.6 Å². The Hall–Kier alpha value is -1.13. The molecule has 1 aromatic carbocycles. The Morgan fingerprint density at radius 2 is 1.89 bits per heavy atom. The second kappa shape index (κ2) is 6.87. The van der Waals surface area contributed by atoms with Crippen LogP contribution in [0.25, 0.3) is 0 Å². The van der Waals surface area contributed by atoms with Gasteiger partial charge >= 0.3 is 0 Å². The molecule has 0 aliphatic heterocycles. The summed E-state index contributed by atoms with van der Waals surface area (Å²) in [5.41, 5.74) is 6.68. The standard InChI is InChI=1S/C14H19ClN2OS/c1-9(2)12(13(16)19)14(18)17(3)8-10-4-6-11(15)7-5-10/h4-7,9,12H,8H2,1-3H3,(H2,16,19). The molecule has 5 heteroatoms. The number of thiocarbonyl (C=S) groups is 1. The number of benzene rings is 1. The zero-order chi connectivity index (χ0) is 14.6. The van der Waals surface area contributed by atoms with Crippen molar-refractivity contribution >= 4 is 34.7 Å². The van der Waals surface area contributed by atoms with Gasteiger partial charge in [0.2, 0.25) is 5.91 Å². The number of hydrogen-bond acceptors (Lipinski definition) is 2. The van der Waals surface area contributed by atoms with Crippen LogP contribution < -0.4 is 5.73 Å². The van der Waals surface area contributed by atoms with Crippen molar-refractivity contribution in [2.45, 2.75) is 20.4 Å². The summed E-state index contributed by atoms with van der Waals surface area (Å²) in [6, 6.07) is 7.42. The maximum Gasteiger partial charge on any atom is 0.232 e. The van der Waals surface area contributed by atoms with Crippen molar-refractivity contribution in [3.8, 4) is 0 Å². The van der Waals surface area contributed by atoms with Crippen LogP contribution in [-0.4, -0.2) is 22.8 Å². The van der Waals surface area contributed by atoms with E-state index < -0.39 is 5.92 Å². The SMILES string of the molecule is CC(C)C(C(=O)N(C)Cc1ccc(Cl)cc1)C(N)=S. The number of rotatable bonds is 5. The molecule has 2 N–H and O–H groups in total. The van der Waals surface area contributed by atoms with E-state index in [9.17, 15) is 4.79 Å². The van der Waals surface area contributed by atoms with Crippen LogP contribution in [0.4, 0.5) is 0 Å². The van der Waals surface area contributed by atoms with Crippen LogP contribution in [0.2, 0.25) is 5.02 Å². The first kappa shape index (κ1) is 15.9. The molecular weight excluding hydrogens is 280 g/mol. The van der Waals surface area contributed by atoms with Crippen molar-refractivity contribution in [1.82, 2.24) is 4.90 Å². The van der Waals surface area contributed by atoms with Crippen molar-refractivity contribution in [1.29, 1.82) is 0 Å². The normalized spacial score (nSPS) is 12.3. The minimum atomic E-state index is -0.410. The van der Waals surface area contributed by atoms with Crippen LogP contribution in [0.1, 0.15) is 19.4 Å². The molecule has 1 atom stereocenters. The summed E-state index contributed by atoms with van der Waals surface area (Å²) >= 11 is 10.8. The third-order valence-corrected chi connectivity index (χ3v) is 3.45. The Morgan fingerprint density at radius 1 is 1.37 bits per heavy atom. The molecule has 0 heterocycles. The quantitative estimate of drug-likeness (QED) is 0.850. The third-order valence-electron chi connectivity index (χ3n) is 2.95. The fourth-order valence-corrected chi connectivity index (χ4v) is 2.41. The molecule has 0 aromatic heterocycles. The van der Waals surface area contributed by atoms with E-state index in [0.717, 1.165) is 5.56 Å². The summed E-state index contributed by atoms with van der Waals surface area (Å²) in [7, 11) is 1.75. The van der Waals surface area contributed by atoms with Crippen molar-refractivity contribution < 1.29 is 4.79 Å². The fraction of sp³-hybridized carbons (Fsp3) is 0.429. The van der Waals surface area contributed by atoms with E-state index in [-0.39, 0.29) is 16.8 Å². The summed E-state index contributed by atoms with van der Waals surface area (Å²) in [5.74, 6) is -0.359. The van der Waals surface area contributed by atoms with E-state index in [0.29, 0.717) is 11.6 Å². The second-order valence-electron chi connectivity index (χ2n) is 4.94. The molecule has 0 fully saturated rings. The molecule has 1 aromatic rings. The van der Waals surface area contributed by atoms with Crippen molar-refractivity contribution in [2.24, 2.45) is 17.6 Å². The first-order valence-corrected chi connectivity index (χ1v) is 6.90. The van der Waals surface area contributed by atoms with Crippen LogP contribution in [0.3, 0.4) is 0 Å². The molecule has 1 rings (SSSR count). The molecule has 0 radical (unpaired) electrons. The Kier molecular flexibility index (Phi) is 5.76. The molecule has 0 bridgehead atoms. The van der Waals surface area contributed by atoms with Gasteiger partial charge in [-0.15, -0.1) is 0 Å². The first-order chi connectivity index (χ1) is 8.82. The lowest BCUT2D eigenvalue weighted by atomic mass is 9.94. The number of hydrogen-bond donors (Lipinski definition) is 1.